The highest BCUT2D eigenvalue weighted by Gasteiger charge is 2.91. The lowest BCUT2D eigenvalue weighted by molar-refractivity contribution is -0.310. The predicted molar refractivity (Wildman–Crippen MR) is 90.1 cm³/mol. The number of likely N-dealkylation sites (N-methyl/N-ethyl adjacent to an activating group) is 1. The van der Waals surface area contributed by atoms with Crippen LogP contribution in [0.5, 0.6) is 0 Å². The fraction of sp³-hybridized carbons (Fsp3) is 0.579. The Kier molecular flexibility index (Phi) is 2.32. The van der Waals surface area contributed by atoms with Crippen molar-refractivity contribution in [2.45, 2.75) is 49.0 Å². The molecule has 0 bridgehead atoms. The number of hydrogen-bond donors (Lipinski definition) is 3. The first kappa shape index (κ1) is 16.0. The van der Waals surface area contributed by atoms with E-state index in [1.54, 1.807) is 27.0 Å². The van der Waals surface area contributed by atoms with Gasteiger partial charge >= 0.3 is 0 Å². The second-order valence-corrected chi connectivity index (χ2v) is 8.95. The molecule has 1 aromatic carbocycles. The van der Waals surface area contributed by atoms with Crippen molar-refractivity contribution in [3.05, 3.63) is 29.3 Å². The SMILES string of the molecule is CN1C(=O)C23OC4(O)C(O)C(=O)N5C(C)(C)C(Cc6cccc1c62)C3C54O. The highest BCUT2D eigenvalue weighted by atomic mass is 16.7. The summed E-state index contributed by atoms with van der Waals surface area (Å²) in [4.78, 5) is 28.9. The number of hydrogen-bond acceptors (Lipinski definition) is 6. The van der Waals surface area contributed by atoms with Gasteiger partial charge in [0.2, 0.25) is 5.72 Å². The molecule has 6 atom stereocenters. The van der Waals surface area contributed by atoms with E-state index in [1.807, 2.05) is 12.1 Å². The van der Waals surface area contributed by atoms with Gasteiger partial charge in [-0.15, -0.1) is 0 Å². The molecule has 3 fully saturated rings. The van der Waals surface area contributed by atoms with Gasteiger partial charge in [-0.3, -0.25) is 9.59 Å². The van der Waals surface area contributed by atoms with E-state index in [9.17, 15) is 24.9 Å². The zero-order valence-corrected chi connectivity index (χ0v) is 15.1. The molecule has 6 unspecified atom stereocenters. The number of nitrogens with zero attached hydrogens (tertiary/aromatic N) is 2. The first-order valence-corrected chi connectivity index (χ1v) is 9.12. The second-order valence-electron chi connectivity index (χ2n) is 8.95. The summed E-state index contributed by atoms with van der Waals surface area (Å²) in [5.41, 5.74) is -2.48. The largest absolute Gasteiger partial charge is 0.378 e. The van der Waals surface area contributed by atoms with Crippen LogP contribution in [0.1, 0.15) is 25.0 Å². The summed E-state index contributed by atoms with van der Waals surface area (Å²) in [5, 5.41) is 33.5. The number of carbonyl (C=O) groups is 2. The van der Waals surface area contributed by atoms with Gasteiger partial charge in [-0.25, -0.2) is 0 Å². The number of carbonyl (C=O) groups excluding carboxylic acids is 2. The highest BCUT2D eigenvalue weighted by molar-refractivity contribution is 6.09. The Morgan fingerprint density at radius 1 is 1.22 bits per heavy atom. The zero-order valence-electron chi connectivity index (χ0n) is 15.1. The van der Waals surface area contributed by atoms with Gasteiger partial charge in [-0.1, -0.05) is 12.1 Å². The molecule has 1 aliphatic carbocycles. The molecule has 0 saturated carbocycles. The first-order valence-electron chi connectivity index (χ1n) is 9.12. The summed E-state index contributed by atoms with van der Waals surface area (Å²) in [6.07, 6.45) is -1.43. The minimum atomic E-state index is -2.57. The number of ether oxygens (including phenoxy) is 1. The molecule has 4 aliphatic heterocycles. The maximum absolute atomic E-state index is 13.5. The molecule has 5 aliphatic rings. The average Bonchev–Trinajstić information content (AvgIpc) is 3.10. The molecule has 8 heteroatoms. The quantitative estimate of drug-likeness (QED) is 0.542. The molecule has 2 amide bonds. The topological polar surface area (TPSA) is 111 Å². The van der Waals surface area contributed by atoms with Crippen molar-refractivity contribution >= 4 is 17.5 Å². The molecule has 4 heterocycles. The first-order chi connectivity index (χ1) is 12.5. The third kappa shape index (κ3) is 1.19. The van der Waals surface area contributed by atoms with Crippen LogP contribution in [0.2, 0.25) is 0 Å². The molecule has 3 saturated heterocycles. The predicted octanol–water partition coefficient (Wildman–Crippen LogP) is -0.951. The van der Waals surface area contributed by atoms with Gasteiger partial charge in [-0.05, 0) is 37.8 Å². The van der Waals surface area contributed by atoms with Crippen molar-refractivity contribution in [1.82, 2.24) is 4.90 Å². The lowest BCUT2D eigenvalue weighted by atomic mass is 9.62. The Bertz CT molecular complexity index is 977. The molecule has 3 N–H and O–H groups in total. The maximum Gasteiger partial charge on any atom is 0.264 e. The van der Waals surface area contributed by atoms with Crippen LogP contribution < -0.4 is 4.90 Å². The second kappa shape index (κ2) is 3.91. The van der Waals surface area contributed by atoms with Crippen molar-refractivity contribution in [3.8, 4) is 0 Å². The van der Waals surface area contributed by atoms with Crippen molar-refractivity contribution in [1.29, 1.82) is 0 Å². The summed E-state index contributed by atoms with van der Waals surface area (Å²) in [6.45, 7) is 3.60. The van der Waals surface area contributed by atoms with Crippen LogP contribution in [0.15, 0.2) is 18.2 Å². The lowest BCUT2D eigenvalue weighted by Gasteiger charge is -2.42. The maximum atomic E-state index is 13.5. The number of amides is 2. The van der Waals surface area contributed by atoms with Gasteiger partial charge in [0.25, 0.3) is 17.6 Å². The summed E-state index contributed by atoms with van der Waals surface area (Å²) in [6, 6.07) is 5.58. The normalized spacial score (nSPS) is 47.7. The molecule has 1 spiro atoms. The monoisotopic (exact) mass is 372 g/mol. The fourth-order valence-corrected chi connectivity index (χ4v) is 6.68. The van der Waals surface area contributed by atoms with Crippen LogP contribution in [0.4, 0.5) is 5.69 Å². The van der Waals surface area contributed by atoms with E-state index in [1.165, 1.54) is 4.90 Å². The Balaban J connectivity index is 1.76. The Labute approximate surface area is 154 Å². The van der Waals surface area contributed by atoms with Crippen molar-refractivity contribution in [2.24, 2.45) is 11.8 Å². The number of anilines is 1. The van der Waals surface area contributed by atoms with Gasteiger partial charge in [0.1, 0.15) is 0 Å². The van der Waals surface area contributed by atoms with E-state index in [0.717, 1.165) is 10.5 Å². The molecular weight excluding hydrogens is 352 g/mol. The molecule has 1 aromatic rings. The van der Waals surface area contributed by atoms with Crippen LogP contribution in [0, 0.1) is 11.8 Å². The van der Waals surface area contributed by atoms with Gasteiger partial charge in [0.15, 0.2) is 11.7 Å². The summed E-state index contributed by atoms with van der Waals surface area (Å²) in [7, 11) is 1.63. The molecule has 142 valence electrons. The van der Waals surface area contributed by atoms with Crippen LogP contribution >= 0.6 is 0 Å². The van der Waals surface area contributed by atoms with Gasteiger partial charge in [-0.2, -0.15) is 0 Å². The minimum absolute atomic E-state index is 0.328. The van der Waals surface area contributed by atoms with Gasteiger partial charge in [0, 0.05) is 18.2 Å². The number of rotatable bonds is 0. The number of aliphatic hydroxyl groups excluding tert-OH is 1. The van der Waals surface area contributed by atoms with Crippen LogP contribution in [-0.4, -0.2) is 62.2 Å². The van der Waals surface area contributed by atoms with Crippen molar-refractivity contribution in [3.63, 3.8) is 0 Å². The van der Waals surface area contributed by atoms with E-state index in [-0.39, 0.29) is 5.92 Å². The molecule has 6 rings (SSSR count). The molecule has 8 nitrogen and oxygen atoms in total. The summed E-state index contributed by atoms with van der Waals surface area (Å²) >= 11 is 0. The zero-order chi connectivity index (χ0) is 19.3. The van der Waals surface area contributed by atoms with E-state index < -0.39 is 46.5 Å². The average molecular weight is 372 g/mol. The van der Waals surface area contributed by atoms with Gasteiger partial charge < -0.3 is 29.9 Å². The van der Waals surface area contributed by atoms with Crippen LogP contribution in [0.3, 0.4) is 0 Å². The highest BCUT2D eigenvalue weighted by Crippen LogP contribution is 2.73. The third-order valence-corrected chi connectivity index (χ3v) is 7.69. The standard InChI is InChI=1S/C19H20N2O6/c1-16(2)9-7-8-5-4-6-10-11(8)17(15(24)20(10)3)12(9)18(25)19(26,27-17)13(22)14(23)21(16)18/h4-6,9,12-13,22,25-26H,7H2,1-3H3. The van der Waals surface area contributed by atoms with E-state index >= 15 is 0 Å². The molecular formula is C19H20N2O6. The van der Waals surface area contributed by atoms with E-state index in [2.05, 4.69) is 0 Å². The Morgan fingerprint density at radius 2 is 1.93 bits per heavy atom. The Morgan fingerprint density at radius 3 is 2.63 bits per heavy atom. The van der Waals surface area contributed by atoms with Crippen LogP contribution in [0.25, 0.3) is 0 Å². The summed E-state index contributed by atoms with van der Waals surface area (Å²) < 4.78 is 5.96. The molecule has 0 radical (unpaired) electrons. The van der Waals surface area contributed by atoms with Crippen LogP contribution in [-0.2, 0) is 26.3 Å². The van der Waals surface area contributed by atoms with E-state index in [0.29, 0.717) is 17.7 Å². The van der Waals surface area contributed by atoms with Crippen molar-refractivity contribution in [2.75, 3.05) is 11.9 Å². The lowest BCUT2D eigenvalue weighted by Crippen LogP contribution is -2.59. The smallest absolute Gasteiger partial charge is 0.264 e. The van der Waals surface area contributed by atoms with Gasteiger partial charge in [0.05, 0.1) is 11.6 Å². The number of aliphatic hydroxyl groups is 3. The minimum Gasteiger partial charge on any atom is -0.378 e. The van der Waals surface area contributed by atoms with E-state index in [4.69, 9.17) is 4.74 Å². The number of benzene rings is 1. The fourth-order valence-electron chi connectivity index (χ4n) is 6.68. The van der Waals surface area contributed by atoms with Crippen molar-refractivity contribution < 1.29 is 29.6 Å². The Hall–Kier alpha value is -2.00. The third-order valence-electron chi connectivity index (χ3n) is 7.69. The summed E-state index contributed by atoms with van der Waals surface area (Å²) in [5.74, 6) is -4.95. The molecule has 27 heavy (non-hydrogen) atoms. The molecule has 0 aromatic heterocycles.